The molecule has 5 atom stereocenters. The van der Waals surface area contributed by atoms with Gasteiger partial charge in [0.25, 0.3) is 0 Å². The SMILES string of the molecule is CCc1ccc(Cc2ccc(NC(C)=O)nc2O[C@@H]2O[C@H](CO)[C@@H](O)[C@H](O)[C@H]2O)cc1. The third kappa shape index (κ3) is 5.57. The third-order valence-electron chi connectivity index (χ3n) is 5.15. The first-order chi connectivity index (χ1) is 14.8. The number of amides is 1. The van der Waals surface area contributed by atoms with Gasteiger partial charge >= 0.3 is 0 Å². The Kier molecular flexibility index (Phi) is 7.58. The van der Waals surface area contributed by atoms with E-state index < -0.39 is 37.3 Å². The second-order valence-corrected chi connectivity index (χ2v) is 7.50. The number of nitrogens with zero attached hydrogens (tertiary/aromatic N) is 1. The van der Waals surface area contributed by atoms with Crippen LogP contribution in [0.2, 0.25) is 0 Å². The van der Waals surface area contributed by atoms with Gasteiger partial charge in [-0.1, -0.05) is 31.2 Å². The van der Waals surface area contributed by atoms with Crippen LogP contribution in [-0.4, -0.2) is 68.6 Å². The molecule has 168 valence electrons. The van der Waals surface area contributed by atoms with Gasteiger partial charge in [0.05, 0.1) is 6.61 Å². The predicted octanol–water partition coefficient (Wildman–Crippen LogP) is 0.372. The molecule has 9 heteroatoms. The number of aromatic nitrogens is 1. The van der Waals surface area contributed by atoms with Crippen LogP contribution in [0, 0.1) is 0 Å². The maximum absolute atomic E-state index is 11.4. The number of aliphatic hydroxyl groups excluding tert-OH is 4. The molecule has 0 unspecified atom stereocenters. The van der Waals surface area contributed by atoms with Crippen LogP contribution >= 0.6 is 0 Å². The average molecular weight is 432 g/mol. The second-order valence-electron chi connectivity index (χ2n) is 7.50. The maximum Gasteiger partial charge on any atom is 0.231 e. The monoisotopic (exact) mass is 432 g/mol. The molecular formula is C22H28N2O7. The predicted molar refractivity (Wildman–Crippen MR) is 112 cm³/mol. The highest BCUT2D eigenvalue weighted by molar-refractivity contribution is 5.87. The Bertz CT molecular complexity index is 888. The zero-order valence-corrected chi connectivity index (χ0v) is 17.4. The molecule has 0 spiro atoms. The van der Waals surface area contributed by atoms with E-state index in [4.69, 9.17) is 9.47 Å². The number of benzene rings is 1. The molecule has 0 radical (unpaired) electrons. The highest BCUT2D eigenvalue weighted by Crippen LogP contribution is 2.28. The van der Waals surface area contributed by atoms with E-state index in [1.165, 1.54) is 12.5 Å². The molecular weight excluding hydrogens is 404 g/mol. The van der Waals surface area contributed by atoms with Crippen molar-refractivity contribution in [2.45, 2.75) is 57.4 Å². The highest BCUT2D eigenvalue weighted by atomic mass is 16.7. The van der Waals surface area contributed by atoms with Crippen LogP contribution in [0.15, 0.2) is 36.4 Å². The summed E-state index contributed by atoms with van der Waals surface area (Å²) in [6.45, 7) is 2.86. The standard InChI is InChI=1S/C22H28N2O7/c1-3-13-4-6-14(7-5-13)10-15-8-9-17(23-12(2)26)24-21(15)31-22-20(29)19(28)18(27)16(11-25)30-22/h4-9,16,18-20,22,25,27-29H,3,10-11H2,1-2H3,(H,23,24,26)/t16-,18-,19+,20-,22+/m1/s1. The molecule has 1 aromatic carbocycles. The van der Waals surface area contributed by atoms with Gasteiger partial charge in [-0.3, -0.25) is 4.79 Å². The molecule has 1 saturated heterocycles. The second kappa shape index (κ2) is 10.2. The lowest BCUT2D eigenvalue weighted by Gasteiger charge is -2.39. The number of nitrogens with one attached hydrogen (secondary N) is 1. The Balaban J connectivity index is 1.88. The van der Waals surface area contributed by atoms with Gasteiger partial charge < -0.3 is 35.2 Å². The van der Waals surface area contributed by atoms with Crippen molar-refractivity contribution in [3.63, 3.8) is 0 Å². The van der Waals surface area contributed by atoms with E-state index in [1.54, 1.807) is 12.1 Å². The van der Waals surface area contributed by atoms with Crippen molar-refractivity contribution in [3.05, 3.63) is 53.1 Å². The lowest BCUT2D eigenvalue weighted by atomic mass is 9.99. The smallest absolute Gasteiger partial charge is 0.231 e. The third-order valence-corrected chi connectivity index (χ3v) is 5.15. The molecule has 2 heterocycles. The molecule has 31 heavy (non-hydrogen) atoms. The lowest BCUT2D eigenvalue weighted by Crippen LogP contribution is -2.60. The van der Waals surface area contributed by atoms with E-state index in [1.807, 2.05) is 24.3 Å². The summed E-state index contributed by atoms with van der Waals surface area (Å²) in [6.07, 6.45) is -5.72. The molecule has 1 aromatic heterocycles. The molecule has 1 aliphatic heterocycles. The van der Waals surface area contributed by atoms with Crippen molar-refractivity contribution in [3.8, 4) is 5.88 Å². The molecule has 1 amide bonds. The fourth-order valence-corrected chi connectivity index (χ4v) is 3.34. The molecule has 0 bridgehead atoms. The van der Waals surface area contributed by atoms with E-state index >= 15 is 0 Å². The van der Waals surface area contributed by atoms with Gasteiger partial charge in [0.2, 0.25) is 18.1 Å². The molecule has 5 N–H and O–H groups in total. The van der Waals surface area contributed by atoms with Crippen molar-refractivity contribution in [2.75, 3.05) is 11.9 Å². The quantitative estimate of drug-likeness (QED) is 0.423. The van der Waals surface area contributed by atoms with Crippen LogP contribution in [0.1, 0.15) is 30.5 Å². The number of carbonyl (C=O) groups excluding carboxylic acids is 1. The lowest BCUT2D eigenvalue weighted by molar-refractivity contribution is -0.278. The van der Waals surface area contributed by atoms with Crippen LogP contribution in [-0.2, 0) is 22.4 Å². The molecule has 1 fully saturated rings. The zero-order valence-electron chi connectivity index (χ0n) is 17.4. The number of carbonyl (C=O) groups is 1. The molecule has 1 aliphatic rings. The van der Waals surface area contributed by atoms with Gasteiger partial charge in [0.15, 0.2) is 0 Å². The van der Waals surface area contributed by atoms with Crippen molar-refractivity contribution < 1.29 is 34.7 Å². The summed E-state index contributed by atoms with van der Waals surface area (Å²) in [5, 5.41) is 42.2. The minimum atomic E-state index is -1.57. The topological polar surface area (TPSA) is 141 Å². The fraction of sp³-hybridized carbons (Fsp3) is 0.455. The number of hydrogen-bond donors (Lipinski definition) is 5. The molecule has 9 nitrogen and oxygen atoms in total. The maximum atomic E-state index is 11.4. The summed E-state index contributed by atoms with van der Waals surface area (Å²) in [6, 6.07) is 11.4. The average Bonchev–Trinajstić information content (AvgIpc) is 2.76. The van der Waals surface area contributed by atoms with Crippen molar-refractivity contribution in [1.82, 2.24) is 4.98 Å². The van der Waals surface area contributed by atoms with Crippen LogP contribution in [0.4, 0.5) is 5.82 Å². The Morgan fingerprint density at radius 1 is 1.06 bits per heavy atom. The van der Waals surface area contributed by atoms with E-state index in [-0.39, 0.29) is 17.6 Å². The van der Waals surface area contributed by atoms with E-state index in [0.717, 1.165) is 12.0 Å². The largest absolute Gasteiger partial charge is 0.445 e. The number of aryl methyl sites for hydroxylation is 1. The Labute approximate surface area is 180 Å². The van der Waals surface area contributed by atoms with Crippen LogP contribution < -0.4 is 10.1 Å². The molecule has 3 rings (SSSR count). The zero-order chi connectivity index (χ0) is 22.5. The Hall–Kier alpha value is -2.56. The minimum Gasteiger partial charge on any atom is -0.445 e. The summed E-state index contributed by atoms with van der Waals surface area (Å²) in [5.74, 6) is 0.0292. The first-order valence-electron chi connectivity index (χ1n) is 10.1. The number of ether oxygens (including phenoxy) is 2. The van der Waals surface area contributed by atoms with Gasteiger partial charge in [-0.25, -0.2) is 0 Å². The number of anilines is 1. The summed E-state index contributed by atoms with van der Waals surface area (Å²) < 4.78 is 11.2. The fourth-order valence-electron chi connectivity index (χ4n) is 3.34. The molecule has 0 aliphatic carbocycles. The van der Waals surface area contributed by atoms with Crippen molar-refractivity contribution in [2.24, 2.45) is 0 Å². The summed E-state index contributed by atoms with van der Waals surface area (Å²) in [5.41, 5.74) is 2.88. The number of pyridine rings is 1. The van der Waals surface area contributed by atoms with Crippen LogP contribution in [0.3, 0.4) is 0 Å². The Morgan fingerprint density at radius 3 is 2.35 bits per heavy atom. The number of hydrogen-bond acceptors (Lipinski definition) is 8. The first-order valence-corrected chi connectivity index (χ1v) is 10.1. The first kappa shape index (κ1) is 23.1. The van der Waals surface area contributed by atoms with Crippen molar-refractivity contribution in [1.29, 1.82) is 0 Å². The summed E-state index contributed by atoms with van der Waals surface area (Å²) >= 11 is 0. The van der Waals surface area contributed by atoms with E-state index in [0.29, 0.717) is 12.0 Å². The minimum absolute atomic E-state index is 0.0927. The van der Waals surface area contributed by atoms with E-state index in [9.17, 15) is 25.2 Å². The van der Waals surface area contributed by atoms with Gasteiger partial charge in [-0.05, 0) is 29.7 Å². The summed E-state index contributed by atoms with van der Waals surface area (Å²) in [7, 11) is 0. The van der Waals surface area contributed by atoms with Crippen LogP contribution in [0.25, 0.3) is 0 Å². The van der Waals surface area contributed by atoms with Gasteiger partial charge in [-0.15, -0.1) is 0 Å². The van der Waals surface area contributed by atoms with Gasteiger partial charge in [0.1, 0.15) is 30.2 Å². The van der Waals surface area contributed by atoms with Crippen molar-refractivity contribution >= 4 is 11.7 Å². The highest BCUT2D eigenvalue weighted by Gasteiger charge is 2.45. The normalized spacial score (nSPS) is 25.8. The molecule has 2 aromatic rings. The van der Waals surface area contributed by atoms with Gasteiger partial charge in [-0.2, -0.15) is 4.98 Å². The number of aliphatic hydroxyl groups is 4. The number of rotatable bonds is 7. The summed E-state index contributed by atoms with van der Waals surface area (Å²) in [4.78, 5) is 15.7. The van der Waals surface area contributed by atoms with Crippen LogP contribution in [0.5, 0.6) is 5.88 Å². The molecule has 0 saturated carbocycles. The van der Waals surface area contributed by atoms with Gasteiger partial charge in [0, 0.05) is 18.9 Å². The van der Waals surface area contributed by atoms with E-state index in [2.05, 4.69) is 17.2 Å². The Morgan fingerprint density at radius 2 is 1.74 bits per heavy atom.